The standard InChI is InChI=1S/C13H14BrCl2NO2/c14-9-4-5-10(12(16)11(9)15)17-8-3-1-2-7(6-8)13(18)19/h4-5,7-8,17H,1-3,6H2,(H,18,19). The molecule has 0 amide bonds. The first-order valence-electron chi connectivity index (χ1n) is 6.12. The molecule has 1 aromatic rings. The Morgan fingerprint density at radius 2 is 2.05 bits per heavy atom. The normalized spacial score (nSPS) is 23.1. The van der Waals surface area contributed by atoms with Crippen LogP contribution in [0.25, 0.3) is 0 Å². The van der Waals surface area contributed by atoms with Crippen molar-refractivity contribution in [2.75, 3.05) is 5.32 Å². The highest BCUT2D eigenvalue weighted by molar-refractivity contribution is 9.10. The van der Waals surface area contributed by atoms with Gasteiger partial charge in [-0.05, 0) is 47.3 Å². The molecular formula is C13H14BrCl2NO2. The fourth-order valence-corrected chi connectivity index (χ4v) is 3.23. The zero-order chi connectivity index (χ0) is 14.0. The maximum atomic E-state index is 11.0. The first-order valence-corrected chi connectivity index (χ1v) is 7.66. The van der Waals surface area contributed by atoms with Gasteiger partial charge in [-0.25, -0.2) is 0 Å². The van der Waals surface area contributed by atoms with Gasteiger partial charge in [-0.3, -0.25) is 4.79 Å². The van der Waals surface area contributed by atoms with Crippen LogP contribution >= 0.6 is 39.1 Å². The summed E-state index contributed by atoms with van der Waals surface area (Å²) in [7, 11) is 0. The van der Waals surface area contributed by atoms with Crippen LogP contribution in [0.15, 0.2) is 16.6 Å². The van der Waals surface area contributed by atoms with Gasteiger partial charge in [0.1, 0.15) is 0 Å². The summed E-state index contributed by atoms with van der Waals surface area (Å²) < 4.78 is 0.747. The van der Waals surface area contributed by atoms with Gasteiger partial charge in [0, 0.05) is 10.5 Å². The van der Waals surface area contributed by atoms with Crippen molar-refractivity contribution in [3.05, 3.63) is 26.7 Å². The van der Waals surface area contributed by atoms with Crippen molar-refractivity contribution in [3.8, 4) is 0 Å². The van der Waals surface area contributed by atoms with Crippen molar-refractivity contribution in [1.82, 2.24) is 0 Å². The Hall–Kier alpha value is -0.450. The average molecular weight is 367 g/mol. The third-order valence-corrected chi connectivity index (χ3v) is 5.19. The molecule has 2 atom stereocenters. The molecule has 1 aliphatic carbocycles. The minimum absolute atomic E-state index is 0.129. The lowest BCUT2D eigenvalue weighted by Crippen LogP contribution is -2.31. The van der Waals surface area contributed by atoms with Crippen molar-refractivity contribution < 1.29 is 9.90 Å². The van der Waals surface area contributed by atoms with E-state index in [2.05, 4.69) is 21.2 Å². The molecule has 0 saturated heterocycles. The largest absolute Gasteiger partial charge is 0.481 e. The van der Waals surface area contributed by atoms with Crippen LogP contribution in [0.3, 0.4) is 0 Å². The molecule has 1 aromatic carbocycles. The highest BCUT2D eigenvalue weighted by atomic mass is 79.9. The van der Waals surface area contributed by atoms with E-state index in [9.17, 15) is 4.79 Å². The van der Waals surface area contributed by atoms with Crippen LogP contribution in [0.1, 0.15) is 25.7 Å². The second kappa shape index (κ2) is 6.33. The number of carboxylic acids is 1. The minimum atomic E-state index is -0.716. The minimum Gasteiger partial charge on any atom is -0.481 e. The first kappa shape index (κ1) is 14.9. The molecule has 1 aliphatic rings. The molecule has 3 nitrogen and oxygen atoms in total. The second-order valence-electron chi connectivity index (χ2n) is 4.77. The summed E-state index contributed by atoms with van der Waals surface area (Å²) in [4.78, 5) is 11.0. The van der Waals surface area contributed by atoms with Crippen molar-refractivity contribution in [2.45, 2.75) is 31.7 Å². The van der Waals surface area contributed by atoms with E-state index >= 15 is 0 Å². The van der Waals surface area contributed by atoms with Crippen molar-refractivity contribution >= 4 is 50.8 Å². The van der Waals surface area contributed by atoms with E-state index in [4.69, 9.17) is 28.3 Å². The zero-order valence-corrected chi connectivity index (χ0v) is 13.2. The Kier molecular flexibility index (Phi) is 4.98. The van der Waals surface area contributed by atoms with Gasteiger partial charge >= 0.3 is 5.97 Å². The molecule has 0 spiro atoms. The molecule has 2 rings (SSSR count). The summed E-state index contributed by atoms with van der Waals surface area (Å²) >= 11 is 15.6. The van der Waals surface area contributed by atoms with E-state index in [1.165, 1.54) is 0 Å². The molecule has 6 heteroatoms. The van der Waals surface area contributed by atoms with Gasteiger partial charge in [-0.2, -0.15) is 0 Å². The molecule has 19 heavy (non-hydrogen) atoms. The zero-order valence-electron chi connectivity index (χ0n) is 10.1. The molecule has 2 N–H and O–H groups in total. The van der Waals surface area contributed by atoms with E-state index in [-0.39, 0.29) is 12.0 Å². The van der Waals surface area contributed by atoms with Gasteiger partial charge in [0.05, 0.1) is 21.7 Å². The monoisotopic (exact) mass is 365 g/mol. The Balaban J connectivity index is 2.09. The molecule has 0 heterocycles. The summed E-state index contributed by atoms with van der Waals surface area (Å²) in [5.41, 5.74) is 0.755. The second-order valence-corrected chi connectivity index (χ2v) is 6.38. The van der Waals surface area contributed by atoms with Gasteiger partial charge in [0.2, 0.25) is 0 Å². The lowest BCUT2D eigenvalue weighted by molar-refractivity contribution is -0.142. The highest BCUT2D eigenvalue weighted by Gasteiger charge is 2.27. The SMILES string of the molecule is O=C(O)C1CCCC(Nc2ccc(Br)c(Cl)c2Cl)C1. The van der Waals surface area contributed by atoms with Crippen LogP contribution in [0.4, 0.5) is 5.69 Å². The number of nitrogens with one attached hydrogen (secondary N) is 1. The van der Waals surface area contributed by atoms with E-state index in [0.29, 0.717) is 16.5 Å². The Bertz CT molecular complexity index is 496. The highest BCUT2D eigenvalue weighted by Crippen LogP contribution is 2.37. The van der Waals surface area contributed by atoms with E-state index in [0.717, 1.165) is 29.4 Å². The van der Waals surface area contributed by atoms with Crippen LogP contribution < -0.4 is 5.32 Å². The average Bonchev–Trinajstić information content (AvgIpc) is 2.40. The van der Waals surface area contributed by atoms with Crippen LogP contribution in [0, 0.1) is 5.92 Å². The third kappa shape index (κ3) is 3.56. The predicted molar refractivity (Wildman–Crippen MR) is 81.2 cm³/mol. The number of carboxylic acid groups (broad SMARTS) is 1. The lowest BCUT2D eigenvalue weighted by Gasteiger charge is -2.28. The summed E-state index contributed by atoms with van der Waals surface area (Å²) in [6.07, 6.45) is 3.24. The number of halogens is 3. The Labute approximate surface area is 130 Å². The van der Waals surface area contributed by atoms with E-state index in [1.807, 2.05) is 12.1 Å². The van der Waals surface area contributed by atoms with E-state index < -0.39 is 5.97 Å². The number of rotatable bonds is 3. The third-order valence-electron chi connectivity index (χ3n) is 3.42. The molecule has 0 bridgehead atoms. The van der Waals surface area contributed by atoms with Gasteiger partial charge < -0.3 is 10.4 Å². The number of hydrogen-bond acceptors (Lipinski definition) is 2. The fourth-order valence-electron chi connectivity index (χ4n) is 2.40. The van der Waals surface area contributed by atoms with Crippen molar-refractivity contribution in [3.63, 3.8) is 0 Å². The van der Waals surface area contributed by atoms with Crippen molar-refractivity contribution in [1.29, 1.82) is 0 Å². The summed E-state index contributed by atoms with van der Waals surface area (Å²) in [6.45, 7) is 0. The number of aliphatic carboxylic acids is 1. The molecule has 1 fully saturated rings. The number of hydrogen-bond donors (Lipinski definition) is 2. The van der Waals surface area contributed by atoms with E-state index in [1.54, 1.807) is 0 Å². The first-order chi connectivity index (χ1) is 8.99. The predicted octanol–water partition coefficient (Wildman–Crippen LogP) is 4.81. The Morgan fingerprint density at radius 3 is 2.74 bits per heavy atom. The summed E-state index contributed by atoms with van der Waals surface area (Å²) in [5, 5.41) is 13.3. The van der Waals surface area contributed by atoms with Gasteiger partial charge in [0.25, 0.3) is 0 Å². The van der Waals surface area contributed by atoms with Crippen LogP contribution in [-0.2, 0) is 4.79 Å². The topological polar surface area (TPSA) is 49.3 Å². The summed E-state index contributed by atoms with van der Waals surface area (Å²) in [5.74, 6) is -0.984. The summed E-state index contributed by atoms with van der Waals surface area (Å²) in [6, 6.07) is 3.81. The molecule has 104 valence electrons. The van der Waals surface area contributed by atoms with Crippen LogP contribution in [0.2, 0.25) is 10.0 Å². The molecule has 0 aromatic heterocycles. The van der Waals surface area contributed by atoms with Gasteiger partial charge in [-0.1, -0.05) is 29.6 Å². The maximum Gasteiger partial charge on any atom is 0.306 e. The lowest BCUT2D eigenvalue weighted by atomic mass is 9.85. The maximum absolute atomic E-state index is 11.0. The number of anilines is 1. The quantitative estimate of drug-likeness (QED) is 0.754. The number of carbonyl (C=O) groups is 1. The van der Waals surface area contributed by atoms with Crippen molar-refractivity contribution in [2.24, 2.45) is 5.92 Å². The smallest absolute Gasteiger partial charge is 0.306 e. The molecule has 1 saturated carbocycles. The van der Waals surface area contributed by atoms with Gasteiger partial charge in [-0.15, -0.1) is 0 Å². The van der Waals surface area contributed by atoms with Gasteiger partial charge in [0.15, 0.2) is 0 Å². The van der Waals surface area contributed by atoms with Crippen LogP contribution in [-0.4, -0.2) is 17.1 Å². The molecule has 2 unspecified atom stereocenters. The fraction of sp³-hybridized carbons (Fsp3) is 0.462. The molecular weight excluding hydrogens is 353 g/mol. The molecule has 0 aliphatic heterocycles. The number of benzene rings is 1. The molecule has 0 radical (unpaired) electrons. The van der Waals surface area contributed by atoms with Crippen LogP contribution in [0.5, 0.6) is 0 Å². The Morgan fingerprint density at radius 1 is 1.32 bits per heavy atom.